The summed E-state index contributed by atoms with van der Waals surface area (Å²) in [5.74, 6) is -3.95. The Kier molecular flexibility index (Phi) is 6.51. The first-order chi connectivity index (χ1) is 14.9. The molecular formula is C22H15Cl2F4NO3. The summed E-state index contributed by atoms with van der Waals surface area (Å²) in [5.41, 5.74) is -3.71. The molecule has 0 aliphatic carbocycles. The molecule has 0 spiro atoms. The number of nitrogens with zero attached hydrogens (tertiary/aromatic N) is 1. The van der Waals surface area contributed by atoms with E-state index in [1.807, 2.05) is 0 Å². The zero-order valence-corrected chi connectivity index (χ0v) is 17.8. The molecule has 0 saturated carbocycles. The summed E-state index contributed by atoms with van der Waals surface area (Å²) >= 11 is 12.0. The molecule has 10 heteroatoms. The summed E-state index contributed by atoms with van der Waals surface area (Å²) < 4.78 is 56.1. The van der Waals surface area contributed by atoms with Crippen molar-refractivity contribution in [3.05, 3.63) is 87.4 Å². The van der Waals surface area contributed by atoms with Gasteiger partial charge in [-0.25, -0.2) is 14.2 Å². The molecule has 0 saturated heterocycles. The lowest BCUT2D eigenvalue weighted by Gasteiger charge is -2.37. The molecule has 1 heterocycles. The van der Waals surface area contributed by atoms with Gasteiger partial charge in [0.25, 0.3) is 0 Å². The Morgan fingerprint density at radius 3 is 2.19 bits per heavy atom. The number of carboxylic acids is 1. The highest BCUT2D eigenvalue weighted by molar-refractivity contribution is 6.31. The van der Waals surface area contributed by atoms with E-state index in [-0.39, 0.29) is 21.3 Å². The molecule has 0 aliphatic heterocycles. The number of halogens is 6. The quantitative estimate of drug-likeness (QED) is 0.320. The molecular weight excluding hydrogens is 473 g/mol. The summed E-state index contributed by atoms with van der Waals surface area (Å²) in [4.78, 5) is 14.6. The van der Waals surface area contributed by atoms with Crippen LogP contribution in [-0.4, -0.2) is 27.3 Å². The van der Waals surface area contributed by atoms with E-state index in [0.717, 1.165) is 30.5 Å². The number of benzene rings is 2. The molecule has 2 atom stereocenters. The van der Waals surface area contributed by atoms with Crippen LogP contribution in [0.3, 0.4) is 0 Å². The molecule has 1 aromatic heterocycles. The number of aromatic nitrogens is 1. The molecule has 0 radical (unpaired) electrons. The molecule has 4 nitrogen and oxygen atoms in total. The number of carbonyl (C=O) groups is 1. The summed E-state index contributed by atoms with van der Waals surface area (Å²) in [6.45, 7) is 1.17. The second-order valence-corrected chi connectivity index (χ2v) is 7.88. The molecule has 2 aromatic carbocycles. The summed E-state index contributed by atoms with van der Waals surface area (Å²) in [6, 6.07) is 9.39. The van der Waals surface area contributed by atoms with E-state index in [9.17, 15) is 27.5 Å². The van der Waals surface area contributed by atoms with Crippen LogP contribution in [0.2, 0.25) is 10.2 Å². The van der Waals surface area contributed by atoms with E-state index in [0.29, 0.717) is 5.56 Å². The van der Waals surface area contributed by atoms with E-state index >= 15 is 0 Å². The van der Waals surface area contributed by atoms with Gasteiger partial charge in [0.2, 0.25) is 0 Å². The number of hydrogen-bond acceptors (Lipinski definition) is 3. The van der Waals surface area contributed by atoms with Gasteiger partial charge in [0.05, 0.1) is 5.56 Å². The molecule has 168 valence electrons. The van der Waals surface area contributed by atoms with Crippen LogP contribution in [0.1, 0.15) is 34.3 Å². The average Bonchev–Trinajstić information content (AvgIpc) is 2.71. The van der Waals surface area contributed by atoms with Crippen molar-refractivity contribution in [3.63, 3.8) is 0 Å². The summed E-state index contributed by atoms with van der Waals surface area (Å²) in [7, 11) is 0. The molecule has 3 rings (SSSR count). The number of pyridine rings is 1. The Labute approximate surface area is 190 Å². The van der Waals surface area contributed by atoms with Crippen LogP contribution < -0.4 is 0 Å². The van der Waals surface area contributed by atoms with Gasteiger partial charge in [-0.2, -0.15) is 13.2 Å². The van der Waals surface area contributed by atoms with Gasteiger partial charge in [0, 0.05) is 17.1 Å². The van der Waals surface area contributed by atoms with Crippen molar-refractivity contribution >= 4 is 29.2 Å². The number of aliphatic hydroxyl groups is 1. The summed E-state index contributed by atoms with van der Waals surface area (Å²) in [5, 5.41) is 19.4. The Hall–Kier alpha value is -2.68. The number of carboxylic acid groups (broad SMARTS) is 1. The standard InChI is InChI=1S/C22H15Cl2F4NO3/c1-11(21(32,22(26,27)28)14-6-7-29-19(24)10-14)15-4-2-12(8-17(15)23)13-3-5-16(20(30)31)18(25)9-13/h2-11,32H,1H3,(H,30,31). The number of aromatic carboxylic acids is 1. The van der Waals surface area contributed by atoms with Gasteiger partial charge in [-0.15, -0.1) is 0 Å². The van der Waals surface area contributed by atoms with E-state index in [2.05, 4.69) is 4.98 Å². The van der Waals surface area contributed by atoms with Crippen molar-refractivity contribution in [2.75, 3.05) is 0 Å². The monoisotopic (exact) mass is 487 g/mol. The van der Waals surface area contributed by atoms with Crippen molar-refractivity contribution in [1.29, 1.82) is 0 Å². The van der Waals surface area contributed by atoms with Crippen LogP contribution in [0.4, 0.5) is 17.6 Å². The summed E-state index contributed by atoms with van der Waals surface area (Å²) in [6.07, 6.45) is -4.02. The minimum atomic E-state index is -5.07. The van der Waals surface area contributed by atoms with Crippen LogP contribution >= 0.6 is 23.2 Å². The second kappa shape index (κ2) is 8.69. The smallest absolute Gasteiger partial charge is 0.422 e. The molecule has 0 aliphatic rings. The maximum atomic E-state index is 14.0. The van der Waals surface area contributed by atoms with Crippen molar-refractivity contribution in [1.82, 2.24) is 4.98 Å². The minimum absolute atomic E-state index is 0.00851. The number of alkyl halides is 3. The maximum Gasteiger partial charge on any atom is 0.422 e. The predicted octanol–water partition coefficient (Wildman–Crippen LogP) is 6.45. The van der Waals surface area contributed by atoms with Gasteiger partial charge >= 0.3 is 12.1 Å². The maximum absolute atomic E-state index is 14.0. The second-order valence-electron chi connectivity index (χ2n) is 7.09. The number of hydrogen-bond donors (Lipinski definition) is 2. The highest BCUT2D eigenvalue weighted by Crippen LogP contribution is 2.50. The van der Waals surface area contributed by atoms with E-state index in [1.54, 1.807) is 0 Å². The van der Waals surface area contributed by atoms with Crippen LogP contribution in [0.25, 0.3) is 11.1 Å². The van der Waals surface area contributed by atoms with Crippen LogP contribution in [0, 0.1) is 5.82 Å². The zero-order chi connectivity index (χ0) is 23.8. The lowest BCUT2D eigenvalue weighted by molar-refractivity contribution is -0.274. The van der Waals surface area contributed by atoms with Gasteiger partial charge in [0.1, 0.15) is 11.0 Å². The first-order valence-electron chi connectivity index (χ1n) is 9.10. The molecule has 32 heavy (non-hydrogen) atoms. The fourth-order valence-corrected chi connectivity index (χ4v) is 3.97. The fourth-order valence-electron chi connectivity index (χ4n) is 3.45. The van der Waals surface area contributed by atoms with Gasteiger partial charge in [-0.1, -0.05) is 48.3 Å². The lowest BCUT2D eigenvalue weighted by atomic mass is 9.77. The van der Waals surface area contributed by atoms with Gasteiger partial charge < -0.3 is 10.2 Å². The topological polar surface area (TPSA) is 70.4 Å². The van der Waals surface area contributed by atoms with Gasteiger partial charge in [0.15, 0.2) is 5.60 Å². The van der Waals surface area contributed by atoms with E-state index in [1.165, 1.54) is 31.2 Å². The van der Waals surface area contributed by atoms with Gasteiger partial charge in [-0.05, 0) is 52.6 Å². The van der Waals surface area contributed by atoms with Crippen molar-refractivity contribution < 1.29 is 32.6 Å². The predicted molar refractivity (Wildman–Crippen MR) is 111 cm³/mol. The van der Waals surface area contributed by atoms with Crippen LogP contribution in [0.15, 0.2) is 54.7 Å². The van der Waals surface area contributed by atoms with Crippen LogP contribution in [-0.2, 0) is 5.60 Å². The Balaban J connectivity index is 2.06. The fraction of sp³-hybridized carbons (Fsp3) is 0.182. The van der Waals surface area contributed by atoms with Gasteiger partial charge in [-0.3, -0.25) is 0 Å². The lowest BCUT2D eigenvalue weighted by Crippen LogP contribution is -2.46. The van der Waals surface area contributed by atoms with Crippen molar-refractivity contribution in [2.24, 2.45) is 0 Å². The van der Waals surface area contributed by atoms with E-state index in [4.69, 9.17) is 28.3 Å². The third-order valence-electron chi connectivity index (χ3n) is 5.23. The first-order valence-corrected chi connectivity index (χ1v) is 9.85. The normalized spacial score (nSPS) is 14.6. The molecule has 0 bridgehead atoms. The van der Waals surface area contributed by atoms with Crippen LogP contribution in [0.5, 0.6) is 0 Å². The third-order valence-corrected chi connectivity index (χ3v) is 5.76. The SMILES string of the molecule is CC(c1ccc(-c2ccc(C(=O)O)c(F)c2)cc1Cl)C(O)(c1ccnc(Cl)c1)C(F)(F)F. The third kappa shape index (κ3) is 4.30. The highest BCUT2D eigenvalue weighted by atomic mass is 35.5. The highest BCUT2D eigenvalue weighted by Gasteiger charge is 2.59. The molecule has 2 N–H and O–H groups in total. The van der Waals surface area contributed by atoms with E-state index < -0.39 is 40.6 Å². The minimum Gasteiger partial charge on any atom is -0.478 e. The Morgan fingerprint density at radius 1 is 1.03 bits per heavy atom. The molecule has 2 unspecified atom stereocenters. The largest absolute Gasteiger partial charge is 0.478 e. The van der Waals surface area contributed by atoms with Crippen molar-refractivity contribution in [2.45, 2.75) is 24.6 Å². The molecule has 0 amide bonds. The molecule has 3 aromatic rings. The Morgan fingerprint density at radius 2 is 1.66 bits per heavy atom. The number of rotatable bonds is 5. The first kappa shape index (κ1) is 24.0. The Bertz CT molecular complexity index is 1190. The average molecular weight is 488 g/mol. The van der Waals surface area contributed by atoms with Crippen molar-refractivity contribution in [3.8, 4) is 11.1 Å². The zero-order valence-electron chi connectivity index (χ0n) is 16.3. The molecule has 0 fully saturated rings.